The van der Waals surface area contributed by atoms with Crippen molar-refractivity contribution in [2.24, 2.45) is 5.92 Å². The summed E-state index contributed by atoms with van der Waals surface area (Å²) < 4.78 is 0. The number of ketones is 1. The first kappa shape index (κ1) is 11.9. The van der Waals surface area contributed by atoms with Gasteiger partial charge in [0.2, 0.25) is 0 Å². The molecule has 2 nitrogen and oxygen atoms in total. The summed E-state index contributed by atoms with van der Waals surface area (Å²) >= 11 is 0. The molecule has 0 saturated carbocycles. The van der Waals surface area contributed by atoms with Crippen molar-refractivity contribution < 1.29 is 9.90 Å². The van der Waals surface area contributed by atoms with E-state index in [4.69, 9.17) is 0 Å². The number of benzene rings is 1. The maximum absolute atomic E-state index is 11.6. The van der Waals surface area contributed by atoms with E-state index >= 15 is 0 Å². The van der Waals surface area contributed by atoms with Gasteiger partial charge in [-0.15, -0.1) is 0 Å². The number of hydrogen-bond donors (Lipinski definition) is 1. The normalized spacial score (nSPS) is 14.6. The molecule has 0 saturated heterocycles. The lowest BCUT2D eigenvalue weighted by molar-refractivity contribution is -0.126. The minimum atomic E-state index is -0.663. The maximum atomic E-state index is 11.6. The van der Waals surface area contributed by atoms with E-state index in [9.17, 15) is 9.90 Å². The third-order valence-corrected chi connectivity index (χ3v) is 2.72. The number of carbonyl (C=O) groups excluding carboxylic acids is 1. The Morgan fingerprint density at radius 1 is 1.27 bits per heavy atom. The number of aliphatic hydroxyl groups excluding tert-OH is 1. The van der Waals surface area contributed by atoms with Crippen LogP contribution in [0.4, 0.5) is 0 Å². The Bertz CT molecular complexity index is 306. The molecular weight excluding hydrogens is 188 g/mol. The summed E-state index contributed by atoms with van der Waals surface area (Å²) in [7, 11) is 0. The Morgan fingerprint density at radius 3 is 2.33 bits per heavy atom. The average Bonchev–Trinajstić information content (AvgIpc) is 2.30. The van der Waals surface area contributed by atoms with Crippen LogP contribution in [-0.2, 0) is 4.79 Å². The van der Waals surface area contributed by atoms with Crippen LogP contribution in [0, 0.1) is 5.92 Å². The molecule has 0 radical (unpaired) electrons. The highest BCUT2D eigenvalue weighted by atomic mass is 16.3. The van der Waals surface area contributed by atoms with Crippen LogP contribution in [0.3, 0.4) is 0 Å². The maximum Gasteiger partial charge on any atom is 0.138 e. The summed E-state index contributed by atoms with van der Waals surface area (Å²) in [5.41, 5.74) is 0.825. The summed E-state index contributed by atoms with van der Waals surface area (Å²) in [5, 5.41) is 10.1. The molecule has 2 atom stereocenters. The van der Waals surface area contributed by atoms with Gasteiger partial charge in [-0.3, -0.25) is 4.79 Å². The molecule has 82 valence electrons. The monoisotopic (exact) mass is 206 g/mol. The minimum absolute atomic E-state index is 0.133. The highest BCUT2D eigenvalue weighted by Crippen LogP contribution is 2.25. The predicted molar refractivity (Wildman–Crippen MR) is 60.5 cm³/mol. The lowest BCUT2D eigenvalue weighted by Crippen LogP contribution is -2.21. The minimum Gasteiger partial charge on any atom is -0.388 e. The molecule has 1 rings (SSSR count). The van der Waals surface area contributed by atoms with Gasteiger partial charge in [0.25, 0.3) is 0 Å². The molecule has 0 aliphatic carbocycles. The first-order chi connectivity index (χ1) is 7.20. The molecule has 0 spiro atoms. The Balaban J connectivity index is 2.82. The van der Waals surface area contributed by atoms with Crippen molar-refractivity contribution >= 4 is 5.78 Å². The number of rotatable bonds is 5. The zero-order chi connectivity index (χ0) is 11.3. The van der Waals surface area contributed by atoms with E-state index in [1.165, 1.54) is 0 Å². The van der Waals surface area contributed by atoms with Crippen LogP contribution in [0.15, 0.2) is 30.3 Å². The van der Waals surface area contributed by atoms with Gasteiger partial charge in [0.1, 0.15) is 5.78 Å². The second-order valence-electron chi connectivity index (χ2n) is 3.69. The van der Waals surface area contributed by atoms with Crippen molar-refractivity contribution in [1.29, 1.82) is 0 Å². The zero-order valence-corrected chi connectivity index (χ0v) is 9.31. The summed E-state index contributed by atoms with van der Waals surface area (Å²) in [5.74, 6) is -0.133. The molecule has 0 unspecified atom stereocenters. The van der Waals surface area contributed by atoms with Crippen molar-refractivity contribution in [3.05, 3.63) is 35.9 Å². The Morgan fingerprint density at radius 2 is 1.87 bits per heavy atom. The number of hydrogen-bond acceptors (Lipinski definition) is 2. The number of Topliss-reactive ketones (excluding diaryl/α,β-unsaturated/α-hetero) is 1. The van der Waals surface area contributed by atoms with E-state index in [-0.39, 0.29) is 11.7 Å². The van der Waals surface area contributed by atoms with Crippen LogP contribution in [0.2, 0.25) is 0 Å². The largest absolute Gasteiger partial charge is 0.388 e. The SMILES string of the molecule is CCC(=O)[C@@H](CC)[C@H](O)c1ccccc1. The third kappa shape index (κ3) is 2.90. The summed E-state index contributed by atoms with van der Waals surface area (Å²) in [6.07, 6.45) is 0.508. The van der Waals surface area contributed by atoms with Gasteiger partial charge in [0.05, 0.1) is 6.10 Å². The van der Waals surface area contributed by atoms with Gasteiger partial charge in [-0.1, -0.05) is 44.2 Å². The molecule has 0 fully saturated rings. The third-order valence-electron chi connectivity index (χ3n) is 2.72. The fourth-order valence-electron chi connectivity index (χ4n) is 1.77. The molecule has 0 bridgehead atoms. The van der Waals surface area contributed by atoms with E-state index in [0.717, 1.165) is 5.56 Å². The van der Waals surface area contributed by atoms with Gasteiger partial charge in [0, 0.05) is 12.3 Å². The molecule has 0 amide bonds. The highest BCUT2D eigenvalue weighted by Gasteiger charge is 2.24. The first-order valence-corrected chi connectivity index (χ1v) is 5.46. The molecule has 0 heterocycles. The molecule has 15 heavy (non-hydrogen) atoms. The van der Waals surface area contributed by atoms with Gasteiger partial charge >= 0.3 is 0 Å². The quantitative estimate of drug-likeness (QED) is 0.804. The van der Waals surface area contributed by atoms with Gasteiger partial charge in [-0.2, -0.15) is 0 Å². The highest BCUT2D eigenvalue weighted by molar-refractivity contribution is 5.81. The van der Waals surface area contributed by atoms with Gasteiger partial charge in [-0.05, 0) is 12.0 Å². The Kier molecular flexibility index (Phi) is 4.50. The second-order valence-corrected chi connectivity index (χ2v) is 3.69. The smallest absolute Gasteiger partial charge is 0.138 e. The van der Waals surface area contributed by atoms with Gasteiger partial charge < -0.3 is 5.11 Å². The van der Waals surface area contributed by atoms with E-state index in [1.807, 2.05) is 44.2 Å². The van der Waals surface area contributed by atoms with Crippen molar-refractivity contribution in [2.75, 3.05) is 0 Å². The second kappa shape index (κ2) is 5.66. The molecule has 1 aromatic carbocycles. The van der Waals surface area contributed by atoms with E-state index in [1.54, 1.807) is 0 Å². The van der Waals surface area contributed by atoms with Crippen LogP contribution < -0.4 is 0 Å². The zero-order valence-electron chi connectivity index (χ0n) is 9.31. The standard InChI is InChI=1S/C13H18O2/c1-3-11(12(14)4-2)13(15)10-8-6-5-7-9-10/h5-9,11,13,15H,3-4H2,1-2H3/t11-,13-/m1/s1. The average molecular weight is 206 g/mol. The summed E-state index contributed by atoms with van der Waals surface area (Å²) in [6.45, 7) is 3.77. The molecule has 1 aromatic rings. The van der Waals surface area contributed by atoms with Crippen LogP contribution in [0.1, 0.15) is 38.4 Å². The van der Waals surface area contributed by atoms with Crippen LogP contribution >= 0.6 is 0 Å². The van der Waals surface area contributed by atoms with Crippen molar-refractivity contribution in [3.63, 3.8) is 0 Å². The van der Waals surface area contributed by atoms with Gasteiger partial charge in [0.15, 0.2) is 0 Å². The van der Waals surface area contributed by atoms with E-state index in [0.29, 0.717) is 12.8 Å². The number of aliphatic hydroxyl groups is 1. The van der Waals surface area contributed by atoms with Crippen LogP contribution in [-0.4, -0.2) is 10.9 Å². The van der Waals surface area contributed by atoms with Crippen molar-refractivity contribution in [3.8, 4) is 0 Å². The lowest BCUT2D eigenvalue weighted by atomic mass is 9.89. The lowest BCUT2D eigenvalue weighted by Gasteiger charge is -2.20. The number of carbonyl (C=O) groups is 1. The van der Waals surface area contributed by atoms with Crippen LogP contribution in [0.5, 0.6) is 0 Å². The fraction of sp³-hybridized carbons (Fsp3) is 0.462. The topological polar surface area (TPSA) is 37.3 Å². The van der Waals surface area contributed by atoms with Crippen LogP contribution in [0.25, 0.3) is 0 Å². The molecule has 0 aromatic heterocycles. The Hall–Kier alpha value is -1.15. The predicted octanol–water partition coefficient (Wildman–Crippen LogP) is 2.73. The molecular formula is C13H18O2. The molecule has 0 aliphatic rings. The van der Waals surface area contributed by atoms with Crippen molar-refractivity contribution in [2.45, 2.75) is 32.8 Å². The van der Waals surface area contributed by atoms with E-state index < -0.39 is 6.10 Å². The van der Waals surface area contributed by atoms with Crippen molar-refractivity contribution in [1.82, 2.24) is 0 Å². The van der Waals surface area contributed by atoms with Gasteiger partial charge in [-0.25, -0.2) is 0 Å². The molecule has 2 heteroatoms. The first-order valence-electron chi connectivity index (χ1n) is 5.46. The molecule has 0 aliphatic heterocycles. The van der Waals surface area contributed by atoms with E-state index in [2.05, 4.69) is 0 Å². The molecule has 1 N–H and O–H groups in total. The summed E-state index contributed by atoms with van der Waals surface area (Å²) in [4.78, 5) is 11.6. The Labute approximate surface area is 90.9 Å². The summed E-state index contributed by atoms with van der Waals surface area (Å²) in [6, 6.07) is 9.37. The fourth-order valence-corrected chi connectivity index (χ4v) is 1.77.